The van der Waals surface area contributed by atoms with E-state index in [1.165, 1.54) is 18.5 Å². The second kappa shape index (κ2) is 7.90. The molecule has 1 aliphatic heterocycles. The van der Waals surface area contributed by atoms with Gasteiger partial charge in [0.25, 0.3) is 0 Å². The van der Waals surface area contributed by atoms with Crippen LogP contribution < -0.4 is 15.5 Å². The van der Waals surface area contributed by atoms with Crippen LogP contribution >= 0.6 is 0 Å². The van der Waals surface area contributed by atoms with E-state index in [0.717, 1.165) is 38.2 Å². The van der Waals surface area contributed by atoms with Gasteiger partial charge in [0.1, 0.15) is 0 Å². The van der Waals surface area contributed by atoms with Gasteiger partial charge in [-0.15, -0.1) is 0 Å². The van der Waals surface area contributed by atoms with E-state index in [1.807, 2.05) is 12.1 Å². The van der Waals surface area contributed by atoms with Crippen molar-refractivity contribution in [2.24, 2.45) is 0 Å². The maximum atomic E-state index is 11.7. The van der Waals surface area contributed by atoms with Crippen molar-refractivity contribution in [3.05, 3.63) is 24.3 Å². The summed E-state index contributed by atoms with van der Waals surface area (Å²) in [6.07, 6.45) is 4.81. The van der Waals surface area contributed by atoms with E-state index >= 15 is 0 Å². The van der Waals surface area contributed by atoms with Gasteiger partial charge in [-0.1, -0.05) is 13.3 Å². The Morgan fingerprint density at radius 2 is 1.90 bits per heavy atom. The zero-order chi connectivity index (χ0) is 14.2. The van der Waals surface area contributed by atoms with Gasteiger partial charge in [0.05, 0.1) is 6.54 Å². The first-order chi connectivity index (χ1) is 9.79. The molecule has 0 atom stereocenters. The number of hydrogen-bond donors (Lipinski definition) is 2. The van der Waals surface area contributed by atoms with Crippen molar-refractivity contribution in [1.82, 2.24) is 5.32 Å². The standard InChI is InChI=1S/C16H25N3O/c1-2-3-10-17-13-16(20)18-14-6-8-15(9-7-14)19-11-4-5-12-19/h6-9,17H,2-5,10-13H2,1H3,(H,18,20). The van der Waals surface area contributed by atoms with Crippen molar-refractivity contribution < 1.29 is 4.79 Å². The number of carbonyl (C=O) groups excluding carboxylic acids is 1. The van der Waals surface area contributed by atoms with Crippen molar-refractivity contribution in [1.29, 1.82) is 0 Å². The lowest BCUT2D eigenvalue weighted by atomic mass is 10.2. The molecule has 0 aliphatic carbocycles. The summed E-state index contributed by atoms with van der Waals surface area (Å²) in [6, 6.07) is 8.14. The fourth-order valence-electron chi connectivity index (χ4n) is 2.44. The van der Waals surface area contributed by atoms with E-state index in [4.69, 9.17) is 0 Å². The Hall–Kier alpha value is -1.55. The Morgan fingerprint density at radius 3 is 2.55 bits per heavy atom. The highest BCUT2D eigenvalue weighted by atomic mass is 16.1. The van der Waals surface area contributed by atoms with Crippen LogP contribution in [-0.2, 0) is 4.79 Å². The quantitative estimate of drug-likeness (QED) is 0.752. The molecular formula is C16H25N3O. The highest BCUT2D eigenvalue weighted by Gasteiger charge is 2.11. The molecule has 0 unspecified atom stereocenters. The Morgan fingerprint density at radius 1 is 1.20 bits per heavy atom. The topological polar surface area (TPSA) is 44.4 Å². The molecule has 0 bridgehead atoms. The van der Waals surface area contributed by atoms with Crippen molar-refractivity contribution >= 4 is 17.3 Å². The number of benzene rings is 1. The molecule has 4 nitrogen and oxygen atoms in total. The zero-order valence-corrected chi connectivity index (χ0v) is 12.3. The summed E-state index contributed by atoms with van der Waals surface area (Å²) in [5.74, 6) is 0.0232. The zero-order valence-electron chi connectivity index (χ0n) is 12.3. The van der Waals surface area contributed by atoms with E-state index in [2.05, 4.69) is 34.6 Å². The van der Waals surface area contributed by atoms with Crippen LogP contribution in [0.15, 0.2) is 24.3 Å². The van der Waals surface area contributed by atoms with Crippen LogP contribution in [0, 0.1) is 0 Å². The smallest absolute Gasteiger partial charge is 0.238 e. The predicted molar refractivity (Wildman–Crippen MR) is 84.3 cm³/mol. The molecule has 2 N–H and O–H groups in total. The maximum Gasteiger partial charge on any atom is 0.238 e. The molecule has 1 aromatic carbocycles. The highest BCUT2D eigenvalue weighted by molar-refractivity contribution is 5.92. The van der Waals surface area contributed by atoms with Crippen molar-refractivity contribution in [3.8, 4) is 0 Å². The molecule has 0 aromatic heterocycles. The van der Waals surface area contributed by atoms with E-state index in [0.29, 0.717) is 6.54 Å². The molecule has 1 amide bonds. The number of hydrogen-bond acceptors (Lipinski definition) is 3. The number of anilines is 2. The average Bonchev–Trinajstić information content (AvgIpc) is 2.99. The first-order valence-corrected chi connectivity index (χ1v) is 7.65. The number of nitrogens with one attached hydrogen (secondary N) is 2. The lowest BCUT2D eigenvalue weighted by molar-refractivity contribution is -0.115. The monoisotopic (exact) mass is 275 g/mol. The SMILES string of the molecule is CCCCNCC(=O)Nc1ccc(N2CCCC2)cc1. The van der Waals surface area contributed by atoms with Gasteiger partial charge in [0.2, 0.25) is 5.91 Å². The van der Waals surface area contributed by atoms with Gasteiger partial charge in [-0.3, -0.25) is 4.79 Å². The van der Waals surface area contributed by atoms with E-state index in [-0.39, 0.29) is 5.91 Å². The van der Waals surface area contributed by atoms with Crippen LogP contribution in [0.3, 0.4) is 0 Å². The van der Waals surface area contributed by atoms with Gasteiger partial charge in [-0.2, -0.15) is 0 Å². The summed E-state index contributed by atoms with van der Waals surface area (Å²) in [4.78, 5) is 14.1. The second-order valence-corrected chi connectivity index (χ2v) is 5.32. The summed E-state index contributed by atoms with van der Waals surface area (Å²) < 4.78 is 0. The second-order valence-electron chi connectivity index (χ2n) is 5.32. The van der Waals surface area contributed by atoms with Gasteiger partial charge >= 0.3 is 0 Å². The fraction of sp³-hybridized carbons (Fsp3) is 0.562. The lowest BCUT2D eigenvalue weighted by Crippen LogP contribution is -2.28. The van der Waals surface area contributed by atoms with Gasteiger partial charge in [0.15, 0.2) is 0 Å². The number of amides is 1. The molecule has 1 heterocycles. The molecule has 0 saturated carbocycles. The molecule has 1 aliphatic rings. The molecule has 1 saturated heterocycles. The van der Waals surface area contributed by atoms with Gasteiger partial charge < -0.3 is 15.5 Å². The van der Waals surface area contributed by atoms with Gasteiger partial charge in [-0.25, -0.2) is 0 Å². The Bertz CT molecular complexity index is 410. The Labute approximate surface area is 121 Å². The number of carbonyl (C=O) groups is 1. The molecule has 110 valence electrons. The van der Waals surface area contributed by atoms with Crippen LogP contribution in [0.4, 0.5) is 11.4 Å². The third-order valence-corrected chi connectivity index (χ3v) is 3.61. The molecule has 20 heavy (non-hydrogen) atoms. The third-order valence-electron chi connectivity index (χ3n) is 3.61. The van der Waals surface area contributed by atoms with Crippen LogP contribution in [-0.4, -0.2) is 32.1 Å². The van der Waals surface area contributed by atoms with Crippen molar-refractivity contribution in [3.63, 3.8) is 0 Å². The molecule has 2 rings (SSSR count). The van der Waals surface area contributed by atoms with Crippen LogP contribution in [0.2, 0.25) is 0 Å². The molecule has 0 radical (unpaired) electrons. The summed E-state index contributed by atoms with van der Waals surface area (Å²) in [5.41, 5.74) is 2.12. The van der Waals surface area contributed by atoms with E-state index < -0.39 is 0 Å². The minimum Gasteiger partial charge on any atom is -0.372 e. The molecule has 1 aromatic rings. The van der Waals surface area contributed by atoms with E-state index in [1.54, 1.807) is 0 Å². The number of rotatable bonds is 7. The van der Waals surface area contributed by atoms with Gasteiger partial charge in [0, 0.05) is 24.5 Å². The highest BCUT2D eigenvalue weighted by Crippen LogP contribution is 2.21. The first-order valence-electron chi connectivity index (χ1n) is 7.65. The predicted octanol–water partition coefficient (Wildman–Crippen LogP) is 2.62. The van der Waals surface area contributed by atoms with Crippen LogP contribution in [0.1, 0.15) is 32.6 Å². The molecule has 0 spiro atoms. The lowest BCUT2D eigenvalue weighted by Gasteiger charge is -2.17. The normalized spacial score (nSPS) is 14.6. The largest absolute Gasteiger partial charge is 0.372 e. The van der Waals surface area contributed by atoms with Crippen LogP contribution in [0.25, 0.3) is 0 Å². The Balaban J connectivity index is 1.76. The van der Waals surface area contributed by atoms with E-state index in [9.17, 15) is 4.79 Å². The number of unbranched alkanes of at least 4 members (excludes halogenated alkanes) is 1. The average molecular weight is 275 g/mol. The molecular weight excluding hydrogens is 250 g/mol. The summed E-state index contributed by atoms with van der Waals surface area (Å²) in [6.45, 7) is 5.72. The number of nitrogens with zero attached hydrogens (tertiary/aromatic N) is 1. The fourth-order valence-corrected chi connectivity index (χ4v) is 2.44. The Kier molecular flexibility index (Phi) is 5.87. The molecule has 4 heteroatoms. The van der Waals surface area contributed by atoms with Crippen LogP contribution in [0.5, 0.6) is 0 Å². The summed E-state index contributed by atoms with van der Waals surface area (Å²) in [7, 11) is 0. The summed E-state index contributed by atoms with van der Waals surface area (Å²) >= 11 is 0. The van der Waals surface area contributed by atoms with Gasteiger partial charge in [-0.05, 0) is 50.1 Å². The summed E-state index contributed by atoms with van der Waals surface area (Å²) in [5, 5.41) is 6.06. The molecule has 1 fully saturated rings. The van der Waals surface area contributed by atoms with Crippen molar-refractivity contribution in [2.75, 3.05) is 36.4 Å². The third kappa shape index (κ3) is 4.53. The maximum absolute atomic E-state index is 11.7. The van der Waals surface area contributed by atoms with Crippen molar-refractivity contribution in [2.45, 2.75) is 32.6 Å². The minimum atomic E-state index is 0.0232. The first kappa shape index (κ1) is 14.9. The minimum absolute atomic E-state index is 0.0232.